The first kappa shape index (κ1) is 17.7. The lowest BCUT2D eigenvalue weighted by molar-refractivity contribution is 0.102. The molecular weight excluding hydrogens is 373 g/mol. The summed E-state index contributed by atoms with van der Waals surface area (Å²) in [4.78, 5) is 20.7. The van der Waals surface area contributed by atoms with Crippen LogP contribution in [0.5, 0.6) is 0 Å². The average molecular weight is 384 g/mol. The van der Waals surface area contributed by atoms with E-state index in [0.29, 0.717) is 27.0 Å². The van der Waals surface area contributed by atoms with E-state index < -0.39 is 5.91 Å². The monoisotopic (exact) mass is 383 g/mol. The van der Waals surface area contributed by atoms with Crippen molar-refractivity contribution in [3.63, 3.8) is 0 Å². The molecule has 0 unspecified atom stereocenters. The van der Waals surface area contributed by atoms with E-state index in [1.807, 2.05) is 6.07 Å². The molecule has 0 saturated carbocycles. The Balaban J connectivity index is 1.79. The van der Waals surface area contributed by atoms with E-state index in [4.69, 9.17) is 28.5 Å². The molecule has 8 heteroatoms. The number of carbonyl (C=O) groups is 1. The number of amides is 1. The van der Waals surface area contributed by atoms with Crippen molar-refractivity contribution in [2.45, 2.75) is 0 Å². The number of nitriles is 1. The van der Waals surface area contributed by atoms with Gasteiger partial charge < -0.3 is 10.6 Å². The lowest BCUT2D eigenvalue weighted by Crippen LogP contribution is -2.15. The summed E-state index contributed by atoms with van der Waals surface area (Å²) in [6.45, 7) is 0. The second-order valence-electron chi connectivity index (χ2n) is 5.13. The summed E-state index contributed by atoms with van der Waals surface area (Å²) in [5.74, 6) is -0.225. The number of benzene rings is 2. The number of aromatic nitrogens is 2. The van der Waals surface area contributed by atoms with Crippen LogP contribution in [0.15, 0.2) is 54.7 Å². The molecule has 26 heavy (non-hydrogen) atoms. The maximum absolute atomic E-state index is 12.4. The molecule has 0 aliphatic carbocycles. The zero-order chi connectivity index (χ0) is 18.5. The van der Waals surface area contributed by atoms with Gasteiger partial charge in [0.15, 0.2) is 0 Å². The van der Waals surface area contributed by atoms with Gasteiger partial charge in [-0.25, -0.2) is 9.97 Å². The van der Waals surface area contributed by atoms with E-state index in [1.54, 1.807) is 42.5 Å². The SMILES string of the molecule is N#Cc1ccccc1NC(=O)c1ccnc(Nc2ccc(Cl)c(Cl)c2)n1. The molecule has 1 aromatic heterocycles. The molecule has 0 aliphatic heterocycles. The molecule has 2 N–H and O–H groups in total. The predicted molar refractivity (Wildman–Crippen MR) is 101 cm³/mol. The quantitative estimate of drug-likeness (QED) is 0.683. The van der Waals surface area contributed by atoms with E-state index in [9.17, 15) is 4.79 Å². The third-order valence-electron chi connectivity index (χ3n) is 3.36. The molecule has 3 aromatic rings. The average Bonchev–Trinajstić information content (AvgIpc) is 2.65. The van der Waals surface area contributed by atoms with Crippen molar-refractivity contribution in [1.29, 1.82) is 5.26 Å². The maximum Gasteiger partial charge on any atom is 0.274 e. The molecular formula is C18H11Cl2N5O. The van der Waals surface area contributed by atoms with Crippen molar-refractivity contribution in [1.82, 2.24) is 9.97 Å². The number of carbonyl (C=O) groups excluding carboxylic acids is 1. The normalized spacial score (nSPS) is 10.0. The minimum Gasteiger partial charge on any atom is -0.324 e. The van der Waals surface area contributed by atoms with Gasteiger partial charge in [-0.15, -0.1) is 0 Å². The first-order chi connectivity index (χ1) is 12.6. The van der Waals surface area contributed by atoms with Crippen LogP contribution in [-0.4, -0.2) is 15.9 Å². The summed E-state index contributed by atoms with van der Waals surface area (Å²) in [5.41, 5.74) is 1.56. The summed E-state index contributed by atoms with van der Waals surface area (Å²) < 4.78 is 0. The Morgan fingerprint density at radius 1 is 1.08 bits per heavy atom. The van der Waals surface area contributed by atoms with Crippen LogP contribution in [0.3, 0.4) is 0 Å². The van der Waals surface area contributed by atoms with Crippen LogP contribution in [0, 0.1) is 11.3 Å². The van der Waals surface area contributed by atoms with Gasteiger partial charge >= 0.3 is 0 Å². The molecule has 128 valence electrons. The van der Waals surface area contributed by atoms with Crippen molar-refractivity contribution < 1.29 is 4.79 Å². The largest absolute Gasteiger partial charge is 0.324 e. The van der Waals surface area contributed by atoms with Gasteiger partial charge in [0.1, 0.15) is 11.8 Å². The molecule has 0 radical (unpaired) electrons. The van der Waals surface area contributed by atoms with E-state index in [1.165, 1.54) is 12.3 Å². The minimum absolute atomic E-state index is 0.148. The second kappa shape index (κ2) is 7.83. The van der Waals surface area contributed by atoms with E-state index in [2.05, 4.69) is 20.6 Å². The molecule has 0 spiro atoms. The molecule has 0 saturated heterocycles. The van der Waals surface area contributed by atoms with Gasteiger partial charge in [-0.05, 0) is 36.4 Å². The van der Waals surface area contributed by atoms with Gasteiger partial charge in [0.25, 0.3) is 5.91 Å². The molecule has 0 aliphatic rings. The number of nitrogens with zero attached hydrogens (tertiary/aromatic N) is 3. The molecule has 3 rings (SSSR count). The number of para-hydroxylation sites is 1. The van der Waals surface area contributed by atoms with Crippen LogP contribution in [-0.2, 0) is 0 Å². The summed E-state index contributed by atoms with van der Waals surface area (Å²) in [6.07, 6.45) is 1.46. The zero-order valence-corrected chi connectivity index (χ0v) is 14.7. The van der Waals surface area contributed by atoms with Gasteiger partial charge in [0, 0.05) is 11.9 Å². The molecule has 0 fully saturated rings. The zero-order valence-electron chi connectivity index (χ0n) is 13.2. The van der Waals surface area contributed by atoms with Crippen molar-refractivity contribution >= 4 is 46.4 Å². The fraction of sp³-hybridized carbons (Fsp3) is 0. The number of rotatable bonds is 4. The number of halogens is 2. The van der Waals surface area contributed by atoms with Gasteiger partial charge in [-0.3, -0.25) is 4.79 Å². The van der Waals surface area contributed by atoms with Crippen molar-refractivity contribution in [2.24, 2.45) is 0 Å². The van der Waals surface area contributed by atoms with E-state index in [-0.39, 0.29) is 11.6 Å². The Morgan fingerprint density at radius 2 is 1.88 bits per heavy atom. The van der Waals surface area contributed by atoms with Crippen molar-refractivity contribution in [3.8, 4) is 6.07 Å². The summed E-state index contributed by atoms with van der Waals surface area (Å²) >= 11 is 11.9. The highest BCUT2D eigenvalue weighted by atomic mass is 35.5. The third kappa shape index (κ3) is 4.09. The molecule has 0 atom stereocenters. The lowest BCUT2D eigenvalue weighted by Gasteiger charge is -2.09. The third-order valence-corrected chi connectivity index (χ3v) is 4.10. The Morgan fingerprint density at radius 3 is 2.65 bits per heavy atom. The maximum atomic E-state index is 12.4. The second-order valence-corrected chi connectivity index (χ2v) is 5.95. The minimum atomic E-state index is -0.452. The highest BCUT2D eigenvalue weighted by molar-refractivity contribution is 6.42. The Hall–Kier alpha value is -3.14. The van der Waals surface area contributed by atoms with Crippen LogP contribution in [0.4, 0.5) is 17.3 Å². The van der Waals surface area contributed by atoms with Gasteiger partial charge in [-0.2, -0.15) is 5.26 Å². The molecule has 0 bridgehead atoms. The molecule has 6 nitrogen and oxygen atoms in total. The van der Waals surface area contributed by atoms with E-state index >= 15 is 0 Å². The van der Waals surface area contributed by atoms with Crippen LogP contribution < -0.4 is 10.6 Å². The van der Waals surface area contributed by atoms with Gasteiger partial charge in [0.2, 0.25) is 5.95 Å². The van der Waals surface area contributed by atoms with Gasteiger partial charge in [0.05, 0.1) is 21.3 Å². The highest BCUT2D eigenvalue weighted by Gasteiger charge is 2.12. The lowest BCUT2D eigenvalue weighted by atomic mass is 10.2. The fourth-order valence-electron chi connectivity index (χ4n) is 2.12. The first-order valence-corrected chi connectivity index (χ1v) is 8.18. The number of hydrogen-bond donors (Lipinski definition) is 2. The Bertz CT molecular complexity index is 1020. The van der Waals surface area contributed by atoms with Gasteiger partial charge in [-0.1, -0.05) is 35.3 Å². The van der Waals surface area contributed by atoms with Crippen LogP contribution in [0.25, 0.3) is 0 Å². The summed E-state index contributed by atoms with van der Waals surface area (Å²) in [6, 6.07) is 15.2. The van der Waals surface area contributed by atoms with Crippen LogP contribution >= 0.6 is 23.2 Å². The summed E-state index contributed by atoms with van der Waals surface area (Å²) in [5, 5.41) is 15.5. The smallest absolute Gasteiger partial charge is 0.274 e. The van der Waals surface area contributed by atoms with Crippen molar-refractivity contribution in [3.05, 3.63) is 76.0 Å². The topological polar surface area (TPSA) is 90.7 Å². The number of hydrogen-bond acceptors (Lipinski definition) is 5. The number of anilines is 3. The van der Waals surface area contributed by atoms with Crippen LogP contribution in [0.2, 0.25) is 10.0 Å². The van der Waals surface area contributed by atoms with Crippen LogP contribution in [0.1, 0.15) is 16.1 Å². The summed E-state index contributed by atoms with van der Waals surface area (Å²) in [7, 11) is 0. The molecule has 2 aromatic carbocycles. The molecule has 1 amide bonds. The first-order valence-electron chi connectivity index (χ1n) is 7.42. The van der Waals surface area contributed by atoms with Crippen molar-refractivity contribution in [2.75, 3.05) is 10.6 Å². The van der Waals surface area contributed by atoms with E-state index in [0.717, 1.165) is 0 Å². The highest BCUT2D eigenvalue weighted by Crippen LogP contribution is 2.26. The Labute approximate surface area is 159 Å². The predicted octanol–water partition coefficient (Wildman–Crippen LogP) is 4.65. The Kier molecular flexibility index (Phi) is 5.32. The molecule has 1 heterocycles. The number of nitrogens with one attached hydrogen (secondary N) is 2. The fourth-order valence-corrected chi connectivity index (χ4v) is 2.42. The standard InChI is InChI=1S/C18H11Cl2N5O/c19-13-6-5-12(9-14(13)20)23-18-22-8-7-16(25-18)17(26)24-15-4-2-1-3-11(15)10-21/h1-9H,(H,24,26)(H,22,23,25).